The number of hydrogen-bond donors (Lipinski definition) is 1. The fraction of sp³-hybridized carbons (Fsp3) is 0.667. The number of guanidine groups is 1. The molecule has 28 heavy (non-hydrogen) atoms. The van der Waals surface area contributed by atoms with Gasteiger partial charge >= 0.3 is 0 Å². The maximum absolute atomic E-state index is 5.49. The second-order valence-electron chi connectivity index (χ2n) is 7.45. The van der Waals surface area contributed by atoms with Crippen molar-refractivity contribution in [2.24, 2.45) is 10.9 Å². The number of nitrogens with zero attached hydrogens (tertiary/aromatic N) is 3. The first-order valence-electron chi connectivity index (χ1n) is 10.3. The van der Waals surface area contributed by atoms with Crippen LogP contribution in [0.5, 0.6) is 11.5 Å². The molecule has 1 aromatic carbocycles. The van der Waals surface area contributed by atoms with Gasteiger partial charge < -0.3 is 24.6 Å². The molecule has 1 N–H and O–H groups in total. The lowest BCUT2D eigenvalue weighted by Gasteiger charge is -2.30. The van der Waals surface area contributed by atoms with Crippen molar-refractivity contribution in [1.29, 1.82) is 0 Å². The van der Waals surface area contributed by atoms with E-state index in [1.165, 1.54) is 44.5 Å². The largest absolute Gasteiger partial charge is 0.454 e. The molecule has 2 heterocycles. The molecule has 2 aliphatic rings. The molecule has 6 nitrogen and oxygen atoms in total. The standard InChI is InChI=1S/C21H34N4O2.HI/c1-4-22-21(23-11-8-17-9-12-25(5-2)13-10-17)24(3)15-18-6-7-19-20(14-18)27-16-26-19;/h6-7,14,17H,4-5,8-13,15-16H2,1-3H3,(H,22,23);1H. The zero-order valence-electron chi connectivity index (χ0n) is 17.4. The number of piperidine rings is 1. The molecule has 0 aliphatic carbocycles. The Morgan fingerprint density at radius 3 is 2.68 bits per heavy atom. The number of aliphatic imine (C=N–C) groups is 1. The topological polar surface area (TPSA) is 49.3 Å². The van der Waals surface area contributed by atoms with Crippen LogP contribution in [-0.4, -0.2) is 62.3 Å². The SMILES string of the molecule is CCNC(=NCCC1CCN(CC)CC1)N(C)Cc1ccc2c(c1)OCO2.I. The summed E-state index contributed by atoms with van der Waals surface area (Å²) in [6.07, 6.45) is 3.81. The molecule has 0 aromatic heterocycles. The van der Waals surface area contributed by atoms with Gasteiger partial charge in [-0.3, -0.25) is 4.99 Å². The second kappa shape index (κ2) is 11.7. The number of fused-ring (bicyclic) bond motifs is 1. The Morgan fingerprint density at radius 1 is 1.21 bits per heavy atom. The molecule has 7 heteroatoms. The van der Waals surface area contributed by atoms with Gasteiger partial charge in [0.25, 0.3) is 0 Å². The summed E-state index contributed by atoms with van der Waals surface area (Å²) in [4.78, 5) is 9.60. The lowest BCUT2D eigenvalue weighted by molar-refractivity contribution is 0.174. The second-order valence-corrected chi connectivity index (χ2v) is 7.45. The quantitative estimate of drug-likeness (QED) is 0.351. The molecule has 3 rings (SSSR count). The molecule has 0 saturated carbocycles. The van der Waals surface area contributed by atoms with E-state index in [0.717, 1.165) is 43.0 Å². The van der Waals surface area contributed by atoms with Crippen molar-refractivity contribution in [1.82, 2.24) is 15.1 Å². The molecule has 0 atom stereocenters. The molecule has 0 unspecified atom stereocenters. The van der Waals surface area contributed by atoms with Gasteiger partial charge in [-0.2, -0.15) is 0 Å². The molecule has 1 aromatic rings. The van der Waals surface area contributed by atoms with Gasteiger partial charge in [-0.25, -0.2) is 0 Å². The number of hydrogen-bond acceptors (Lipinski definition) is 4. The van der Waals surface area contributed by atoms with Crippen LogP contribution in [-0.2, 0) is 6.54 Å². The summed E-state index contributed by atoms with van der Waals surface area (Å²) < 4.78 is 10.9. The molecule has 1 fully saturated rings. The zero-order valence-corrected chi connectivity index (χ0v) is 19.8. The smallest absolute Gasteiger partial charge is 0.231 e. The summed E-state index contributed by atoms with van der Waals surface area (Å²) in [5.41, 5.74) is 1.19. The molecule has 2 aliphatic heterocycles. The number of nitrogens with one attached hydrogen (secondary N) is 1. The predicted octanol–water partition coefficient (Wildman–Crippen LogP) is 3.55. The molecule has 1 saturated heterocycles. The molecule has 0 spiro atoms. The minimum Gasteiger partial charge on any atom is -0.454 e. The first kappa shape index (κ1) is 23.1. The van der Waals surface area contributed by atoms with Crippen LogP contribution in [0.15, 0.2) is 23.2 Å². The number of likely N-dealkylation sites (tertiary alicyclic amines) is 1. The van der Waals surface area contributed by atoms with Gasteiger partial charge in [0.15, 0.2) is 17.5 Å². The summed E-state index contributed by atoms with van der Waals surface area (Å²) in [5, 5.41) is 3.42. The van der Waals surface area contributed by atoms with Gasteiger partial charge in [0.1, 0.15) is 0 Å². The normalized spacial score (nSPS) is 17.3. The van der Waals surface area contributed by atoms with E-state index >= 15 is 0 Å². The van der Waals surface area contributed by atoms with Crippen molar-refractivity contribution < 1.29 is 9.47 Å². The Bertz CT molecular complexity index is 633. The molecule has 158 valence electrons. The summed E-state index contributed by atoms with van der Waals surface area (Å²) in [5.74, 6) is 3.46. The first-order chi connectivity index (χ1) is 13.2. The lowest BCUT2D eigenvalue weighted by atomic mass is 9.94. The van der Waals surface area contributed by atoms with E-state index in [9.17, 15) is 0 Å². The van der Waals surface area contributed by atoms with Gasteiger partial charge in [0.2, 0.25) is 6.79 Å². The van der Waals surface area contributed by atoms with E-state index in [1.807, 2.05) is 6.07 Å². The molecular formula is C21H35IN4O2. The van der Waals surface area contributed by atoms with Crippen molar-refractivity contribution >= 4 is 29.9 Å². The number of halogens is 1. The van der Waals surface area contributed by atoms with Crippen molar-refractivity contribution in [3.8, 4) is 11.5 Å². The maximum Gasteiger partial charge on any atom is 0.231 e. The summed E-state index contributed by atoms with van der Waals surface area (Å²) in [6.45, 7) is 10.9. The van der Waals surface area contributed by atoms with E-state index < -0.39 is 0 Å². The van der Waals surface area contributed by atoms with Crippen LogP contribution in [0.3, 0.4) is 0 Å². The van der Waals surface area contributed by atoms with Crippen molar-refractivity contribution in [3.05, 3.63) is 23.8 Å². The third-order valence-electron chi connectivity index (χ3n) is 5.51. The number of rotatable bonds is 7. The predicted molar refractivity (Wildman–Crippen MR) is 125 cm³/mol. The summed E-state index contributed by atoms with van der Waals surface area (Å²) >= 11 is 0. The summed E-state index contributed by atoms with van der Waals surface area (Å²) in [7, 11) is 2.09. The Morgan fingerprint density at radius 2 is 1.96 bits per heavy atom. The van der Waals surface area contributed by atoms with Gasteiger partial charge in [-0.15, -0.1) is 24.0 Å². The van der Waals surface area contributed by atoms with Gasteiger partial charge in [0, 0.05) is 26.7 Å². The van der Waals surface area contributed by atoms with E-state index in [-0.39, 0.29) is 24.0 Å². The molecule has 0 bridgehead atoms. The lowest BCUT2D eigenvalue weighted by Crippen LogP contribution is -2.38. The summed E-state index contributed by atoms with van der Waals surface area (Å²) in [6, 6.07) is 6.14. The van der Waals surface area contributed by atoms with E-state index in [1.54, 1.807) is 0 Å². The maximum atomic E-state index is 5.49. The highest BCUT2D eigenvalue weighted by atomic mass is 127. The molecule has 0 amide bonds. The van der Waals surface area contributed by atoms with Crippen molar-refractivity contribution in [3.63, 3.8) is 0 Å². The van der Waals surface area contributed by atoms with Crippen molar-refractivity contribution in [2.45, 2.75) is 39.7 Å². The van der Waals surface area contributed by atoms with Gasteiger partial charge in [-0.05, 0) is 69.4 Å². The highest BCUT2D eigenvalue weighted by Gasteiger charge is 2.18. The van der Waals surface area contributed by atoms with Crippen LogP contribution in [0.4, 0.5) is 0 Å². The number of benzene rings is 1. The minimum atomic E-state index is 0. The monoisotopic (exact) mass is 502 g/mol. The van der Waals surface area contributed by atoms with Crippen LogP contribution in [0.25, 0.3) is 0 Å². The van der Waals surface area contributed by atoms with Crippen LogP contribution < -0.4 is 14.8 Å². The first-order valence-corrected chi connectivity index (χ1v) is 10.3. The highest BCUT2D eigenvalue weighted by molar-refractivity contribution is 14.0. The minimum absolute atomic E-state index is 0. The number of ether oxygens (including phenoxy) is 2. The van der Waals surface area contributed by atoms with E-state index in [4.69, 9.17) is 14.5 Å². The molecule has 0 radical (unpaired) electrons. The van der Waals surface area contributed by atoms with Crippen LogP contribution in [0.1, 0.15) is 38.7 Å². The van der Waals surface area contributed by atoms with Crippen LogP contribution in [0, 0.1) is 5.92 Å². The van der Waals surface area contributed by atoms with Crippen LogP contribution in [0.2, 0.25) is 0 Å². The van der Waals surface area contributed by atoms with Crippen LogP contribution >= 0.6 is 24.0 Å². The third kappa shape index (κ3) is 6.40. The average molecular weight is 502 g/mol. The van der Waals surface area contributed by atoms with Gasteiger partial charge in [0.05, 0.1) is 0 Å². The average Bonchev–Trinajstić information content (AvgIpc) is 3.15. The zero-order chi connectivity index (χ0) is 19.1. The fourth-order valence-corrected chi connectivity index (χ4v) is 3.80. The molecular weight excluding hydrogens is 467 g/mol. The Balaban J connectivity index is 0.00000280. The van der Waals surface area contributed by atoms with Gasteiger partial charge in [-0.1, -0.05) is 13.0 Å². The third-order valence-corrected chi connectivity index (χ3v) is 5.51. The Kier molecular flexibility index (Phi) is 9.64. The Labute approximate surface area is 186 Å². The van der Waals surface area contributed by atoms with E-state index in [0.29, 0.717) is 6.79 Å². The van der Waals surface area contributed by atoms with Crippen molar-refractivity contribution in [2.75, 3.05) is 46.6 Å². The fourth-order valence-electron chi connectivity index (χ4n) is 3.80. The Hall–Kier alpha value is -1.22. The highest BCUT2D eigenvalue weighted by Crippen LogP contribution is 2.32. The van der Waals surface area contributed by atoms with E-state index in [2.05, 4.69) is 48.1 Å².